The lowest BCUT2D eigenvalue weighted by Crippen LogP contribution is -2.46. The van der Waals surface area contributed by atoms with Crippen molar-refractivity contribution in [3.05, 3.63) is 23.8 Å². The molecule has 1 fully saturated rings. The zero-order valence-electron chi connectivity index (χ0n) is 13.8. The van der Waals surface area contributed by atoms with Crippen molar-refractivity contribution < 1.29 is 19.0 Å². The van der Waals surface area contributed by atoms with Gasteiger partial charge in [-0.05, 0) is 43.4 Å². The maximum absolute atomic E-state index is 12.2. The molecule has 1 amide bonds. The summed E-state index contributed by atoms with van der Waals surface area (Å²) in [5, 5.41) is 2.90. The molecule has 6 nitrogen and oxygen atoms in total. The minimum Gasteiger partial charge on any atom is -0.493 e. The molecule has 1 atom stereocenters. The van der Waals surface area contributed by atoms with Crippen molar-refractivity contribution in [1.29, 1.82) is 0 Å². The largest absolute Gasteiger partial charge is 0.493 e. The number of nitrogens with two attached hydrogens (primary N) is 1. The molecule has 6 heteroatoms. The van der Waals surface area contributed by atoms with Crippen LogP contribution in [0.5, 0.6) is 11.5 Å². The highest BCUT2D eigenvalue weighted by atomic mass is 16.5. The van der Waals surface area contributed by atoms with Crippen LogP contribution in [0, 0.1) is 5.92 Å². The van der Waals surface area contributed by atoms with Gasteiger partial charge in [0.15, 0.2) is 11.5 Å². The minimum absolute atomic E-state index is 0.121. The molecule has 1 aliphatic rings. The maximum atomic E-state index is 12.2. The molecule has 2 rings (SSSR count). The van der Waals surface area contributed by atoms with E-state index in [1.54, 1.807) is 7.11 Å². The average Bonchev–Trinajstić information content (AvgIpc) is 2.60. The van der Waals surface area contributed by atoms with Gasteiger partial charge in [0.1, 0.15) is 0 Å². The second kappa shape index (κ2) is 8.74. The Hall–Kier alpha value is -1.79. The monoisotopic (exact) mass is 322 g/mol. The Labute approximate surface area is 137 Å². The van der Waals surface area contributed by atoms with Crippen LogP contribution < -0.4 is 20.5 Å². The lowest BCUT2D eigenvalue weighted by molar-refractivity contribution is -0.124. The average molecular weight is 322 g/mol. The maximum Gasteiger partial charge on any atom is 0.237 e. The van der Waals surface area contributed by atoms with Gasteiger partial charge in [-0.15, -0.1) is 0 Å². The molecule has 0 radical (unpaired) electrons. The predicted octanol–water partition coefficient (Wildman–Crippen LogP) is 1.46. The van der Waals surface area contributed by atoms with Gasteiger partial charge in [0, 0.05) is 19.8 Å². The standard InChI is InChI=1S/C17H26N2O4/c1-3-23-14-5-4-12(10-15(14)21-2)11-19-17(20)16(18)13-6-8-22-9-7-13/h4-5,10,13,16H,3,6-9,11,18H2,1-2H3,(H,19,20). The van der Waals surface area contributed by atoms with Crippen molar-refractivity contribution in [3.8, 4) is 11.5 Å². The Kier molecular flexibility index (Phi) is 6.67. The van der Waals surface area contributed by atoms with E-state index in [4.69, 9.17) is 19.9 Å². The van der Waals surface area contributed by atoms with Crippen LogP contribution in [0.1, 0.15) is 25.3 Å². The molecular weight excluding hydrogens is 296 g/mol. The van der Waals surface area contributed by atoms with Gasteiger partial charge >= 0.3 is 0 Å². The topological polar surface area (TPSA) is 82.8 Å². The summed E-state index contributed by atoms with van der Waals surface area (Å²) in [5.74, 6) is 1.43. The van der Waals surface area contributed by atoms with Crippen molar-refractivity contribution in [3.63, 3.8) is 0 Å². The second-order valence-electron chi connectivity index (χ2n) is 5.61. The molecule has 0 aliphatic carbocycles. The van der Waals surface area contributed by atoms with E-state index in [1.165, 1.54) is 0 Å². The van der Waals surface area contributed by atoms with Crippen LogP contribution >= 0.6 is 0 Å². The van der Waals surface area contributed by atoms with E-state index in [0.717, 1.165) is 18.4 Å². The number of rotatable bonds is 7. The second-order valence-corrected chi connectivity index (χ2v) is 5.61. The van der Waals surface area contributed by atoms with Gasteiger partial charge in [-0.25, -0.2) is 0 Å². The molecule has 1 aromatic rings. The van der Waals surface area contributed by atoms with Crippen LogP contribution in [0.4, 0.5) is 0 Å². The Balaban J connectivity index is 1.90. The first-order chi connectivity index (χ1) is 11.2. The first-order valence-corrected chi connectivity index (χ1v) is 8.06. The summed E-state index contributed by atoms with van der Waals surface area (Å²) >= 11 is 0. The molecule has 1 saturated heterocycles. The number of hydrogen-bond acceptors (Lipinski definition) is 5. The summed E-state index contributed by atoms with van der Waals surface area (Å²) in [6, 6.07) is 5.14. The lowest BCUT2D eigenvalue weighted by Gasteiger charge is -2.26. The molecule has 1 aliphatic heterocycles. The van der Waals surface area contributed by atoms with E-state index in [1.807, 2.05) is 25.1 Å². The van der Waals surface area contributed by atoms with E-state index in [9.17, 15) is 4.79 Å². The summed E-state index contributed by atoms with van der Waals surface area (Å²) in [6.45, 7) is 4.28. The predicted molar refractivity (Wildman–Crippen MR) is 87.5 cm³/mol. The number of carbonyl (C=O) groups excluding carboxylic acids is 1. The zero-order valence-corrected chi connectivity index (χ0v) is 13.8. The van der Waals surface area contributed by atoms with E-state index in [2.05, 4.69) is 5.32 Å². The van der Waals surface area contributed by atoms with Crippen LogP contribution in [0.2, 0.25) is 0 Å². The van der Waals surface area contributed by atoms with Gasteiger partial charge in [0.25, 0.3) is 0 Å². The molecule has 1 unspecified atom stereocenters. The zero-order chi connectivity index (χ0) is 16.7. The van der Waals surface area contributed by atoms with Crippen LogP contribution in [-0.2, 0) is 16.1 Å². The number of ether oxygens (including phenoxy) is 3. The number of hydrogen-bond donors (Lipinski definition) is 2. The van der Waals surface area contributed by atoms with Crippen molar-refractivity contribution in [2.45, 2.75) is 32.4 Å². The number of methoxy groups -OCH3 is 1. The van der Waals surface area contributed by atoms with Gasteiger partial charge in [0.05, 0.1) is 19.8 Å². The van der Waals surface area contributed by atoms with Gasteiger partial charge in [-0.2, -0.15) is 0 Å². The smallest absolute Gasteiger partial charge is 0.237 e. The number of benzene rings is 1. The third-order valence-electron chi connectivity index (χ3n) is 4.07. The highest BCUT2D eigenvalue weighted by molar-refractivity contribution is 5.81. The minimum atomic E-state index is -0.483. The molecule has 0 saturated carbocycles. The van der Waals surface area contributed by atoms with Gasteiger partial charge in [-0.1, -0.05) is 6.07 Å². The van der Waals surface area contributed by atoms with Crippen LogP contribution in [0.3, 0.4) is 0 Å². The molecule has 23 heavy (non-hydrogen) atoms. The van der Waals surface area contributed by atoms with Crippen LogP contribution in [0.15, 0.2) is 18.2 Å². The van der Waals surface area contributed by atoms with Crippen molar-refractivity contribution >= 4 is 5.91 Å². The van der Waals surface area contributed by atoms with E-state index >= 15 is 0 Å². The molecule has 128 valence electrons. The fraction of sp³-hybridized carbons (Fsp3) is 0.588. The number of nitrogens with one attached hydrogen (secondary N) is 1. The van der Waals surface area contributed by atoms with Crippen molar-refractivity contribution in [2.24, 2.45) is 11.7 Å². The van der Waals surface area contributed by atoms with Crippen molar-refractivity contribution in [1.82, 2.24) is 5.32 Å². The normalized spacial score (nSPS) is 16.7. The van der Waals surface area contributed by atoms with E-state index < -0.39 is 6.04 Å². The number of carbonyl (C=O) groups is 1. The Morgan fingerprint density at radius 3 is 2.78 bits per heavy atom. The third-order valence-corrected chi connectivity index (χ3v) is 4.07. The third kappa shape index (κ3) is 4.84. The van der Waals surface area contributed by atoms with E-state index in [0.29, 0.717) is 37.9 Å². The molecule has 1 aromatic carbocycles. The SMILES string of the molecule is CCOc1ccc(CNC(=O)C(N)C2CCOCC2)cc1OC. The highest BCUT2D eigenvalue weighted by Gasteiger charge is 2.26. The quantitative estimate of drug-likeness (QED) is 0.794. The molecular formula is C17H26N2O4. The molecule has 3 N–H and O–H groups in total. The Bertz CT molecular complexity index is 515. The first kappa shape index (κ1) is 17.6. The van der Waals surface area contributed by atoms with E-state index in [-0.39, 0.29) is 11.8 Å². The summed E-state index contributed by atoms with van der Waals surface area (Å²) in [4.78, 5) is 12.2. The van der Waals surface area contributed by atoms with Gasteiger partial charge in [0.2, 0.25) is 5.91 Å². The highest BCUT2D eigenvalue weighted by Crippen LogP contribution is 2.28. The molecule has 0 bridgehead atoms. The molecule has 0 aromatic heterocycles. The summed E-state index contributed by atoms with van der Waals surface area (Å²) in [6.07, 6.45) is 1.68. The molecule has 0 spiro atoms. The van der Waals surface area contributed by atoms with Gasteiger partial charge < -0.3 is 25.3 Å². The Morgan fingerprint density at radius 2 is 2.13 bits per heavy atom. The van der Waals surface area contributed by atoms with Crippen molar-refractivity contribution in [2.75, 3.05) is 26.9 Å². The fourth-order valence-corrected chi connectivity index (χ4v) is 2.69. The summed E-state index contributed by atoms with van der Waals surface area (Å²) in [5.41, 5.74) is 7.01. The fourth-order valence-electron chi connectivity index (χ4n) is 2.69. The molecule has 1 heterocycles. The van der Waals surface area contributed by atoms with Gasteiger partial charge in [-0.3, -0.25) is 4.79 Å². The van der Waals surface area contributed by atoms with Crippen LogP contribution in [-0.4, -0.2) is 38.9 Å². The lowest BCUT2D eigenvalue weighted by atomic mass is 9.92. The summed E-state index contributed by atoms with van der Waals surface area (Å²) in [7, 11) is 1.60. The van der Waals surface area contributed by atoms with Crippen LogP contribution in [0.25, 0.3) is 0 Å². The summed E-state index contributed by atoms with van der Waals surface area (Å²) < 4.78 is 16.1. The number of amides is 1. The Morgan fingerprint density at radius 1 is 1.39 bits per heavy atom. The first-order valence-electron chi connectivity index (χ1n) is 8.06.